The maximum absolute atomic E-state index is 11.6. The Morgan fingerprint density at radius 1 is 0.632 bits per heavy atom. The van der Waals surface area contributed by atoms with E-state index in [-0.39, 0.29) is 11.9 Å². The first-order valence-electron chi connectivity index (χ1n) is 12.5. The van der Waals surface area contributed by atoms with Crippen molar-refractivity contribution >= 4 is 29.5 Å². The molecule has 0 aliphatic heterocycles. The number of nitrogens with two attached hydrogens (primary N) is 2. The summed E-state index contributed by atoms with van der Waals surface area (Å²) in [5, 5.41) is 13.9. The normalized spacial score (nSPS) is 10.1. The summed E-state index contributed by atoms with van der Waals surface area (Å²) in [5.74, 6) is -0.589. The molecule has 2 aromatic rings. The van der Waals surface area contributed by atoms with Gasteiger partial charge in [-0.2, -0.15) is 0 Å². The lowest BCUT2D eigenvalue weighted by molar-refractivity contribution is 0.0457. The second kappa shape index (κ2) is 20.3. The van der Waals surface area contributed by atoms with E-state index in [9.17, 15) is 9.59 Å². The molecule has 0 aromatic heterocycles. The van der Waals surface area contributed by atoms with Crippen LogP contribution in [-0.4, -0.2) is 90.6 Å². The van der Waals surface area contributed by atoms with Gasteiger partial charge in [0.2, 0.25) is 0 Å². The Morgan fingerprint density at radius 2 is 0.895 bits per heavy atom. The van der Waals surface area contributed by atoms with Crippen molar-refractivity contribution in [1.82, 2.24) is 9.80 Å². The van der Waals surface area contributed by atoms with Gasteiger partial charge in [0.1, 0.15) is 13.2 Å². The van der Waals surface area contributed by atoms with Gasteiger partial charge in [-0.15, -0.1) is 0 Å². The lowest BCUT2D eigenvalue weighted by Gasteiger charge is -2.17. The van der Waals surface area contributed by atoms with E-state index in [1.807, 2.05) is 0 Å². The third-order valence-electron chi connectivity index (χ3n) is 5.36. The molecular formula is C27H42N4O7. The van der Waals surface area contributed by atoms with Crippen LogP contribution in [0.4, 0.5) is 16.2 Å². The van der Waals surface area contributed by atoms with E-state index in [1.165, 1.54) is 0 Å². The van der Waals surface area contributed by atoms with Gasteiger partial charge in [0.15, 0.2) is 0 Å². The van der Waals surface area contributed by atoms with Crippen molar-refractivity contribution < 1.29 is 34.1 Å². The van der Waals surface area contributed by atoms with Crippen molar-refractivity contribution in [2.75, 3.05) is 63.9 Å². The van der Waals surface area contributed by atoms with Crippen molar-refractivity contribution in [3.05, 3.63) is 59.7 Å². The molecule has 0 aliphatic carbocycles. The van der Waals surface area contributed by atoms with Gasteiger partial charge in [-0.3, -0.25) is 0 Å². The highest BCUT2D eigenvalue weighted by Gasteiger charge is 2.08. The van der Waals surface area contributed by atoms with Crippen molar-refractivity contribution in [3.63, 3.8) is 0 Å². The van der Waals surface area contributed by atoms with Crippen LogP contribution in [0.3, 0.4) is 0 Å². The number of esters is 2. The number of rotatable bonds is 12. The van der Waals surface area contributed by atoms with Gasteiger partial charge in [0.05, 0.1) is 11.1 Å². The molecule has 2 rings (SSSR count). The zero-order valence-corrected chi connectivity index (χ0v) is 22.8. The van der Waals surface area contributed by atoms with E-state index in [4.69, 9.17) is 35.9 Å². The van der Waals surface area contributed by atoms with Crippen LogP contribution in [0.1, 0.15) is 48.4 Å². The van der Waals surface area contributed by atoms with Crippen LogP contribution in [0.25, 0.3) is 0 Å². The van der Waals surface area contributed by atoms with Crippen molar-refractivity contribution in [3.8, 4) is 0 Å². The van der Waals surface area contributed by atoms with Crippen LogP contribution in [0.5, 0.6) is 0 Å². The quantitative estimate of drug-likeness (QED) is 0.231. The van der Waals surface area contributed by atoms with E-state index in [1.54, 1.807) is 48.5 Å². The van der Waals surface area contributed by atoms with Crippen LogP contribution >= 0.6 is 0 Å². The van der Waals surface area contributed by atoms with Gasteiger partial charge in [-0.1, -0.05) is 27.7 Å². The zero-order valence-electron chi connectivity index (χ0n) is 22.8. The fraction of sp³-hybridized carbons (Fsp3) is 0.444. The second-order valence-corrected chi connectivity index (χ2v) is 7.85. The first-order valence-corrected chi connectivity index (χ1v) is 12.5. The Bertz CT molecular complexity index is 854. The van der Waals surface area contributed by atoms with Crippen molar-refractivity contribution in [1.29, 1.82) is 0 Å². The largest absolute Gasteiger partial charge is 0.503 e. The molecule has 38 heavy (non-hydrogen) atoms. The first kappa shape index (κ1) is 34.2. The molecule has 0 saturated heterocycles. The van der Waals surface area contributed by atoms with Gasteiger partial charge < -0.3 is 41.0 Å². The fourth-order valence-electron chi connectivity index (χ4n) is 3.02. The van der Waals surface area contributed by atoms with E-state index in [0.717, 1.165) is 39.3 Å². The predicted octanol–water partition coefficient (Wildman–Crippen LogP) is 3.76. The molecular weight excluding hydrogens is 492 g/mol. The SMILES string of the molecule is CCN(CC)CCOC(=O)c1ccc(N)cc1.CCN(CC)CCOC(=O)c1ccc(N)cc1.O=C(O)O. The molecule has 0 atom stereocenters. The molecule has 0 spiro atoms. The topological polar surface area (TPSA) is 169 Å². The molecule has 11 nitrogen and oxygen atoms in total. The van der Waals surface area contributed by atoms with Crippen LogP contribution in [-0.2, 0) is 9.47 Å². The van der Waals surface area contributed by atoms with Crippen molar-refractivity contribution in [2.24, 2.45) is 0 Å². The maximum Gasteiger partial charge on any atom is 0.503 e. The van der Waals surface area contributed by atoms with Gasteiger partial charge in [-0.25, -0.2) is 14.4 Å². The minimum absolute atomic E-state index is 0.294. The summed E-state index contributed by atoms with van der Waals surface area (Å²) < 4.78 is 10.4. The Balaban J connectivity index is 0.000000632. The van der Waals surface area contributed by atoms with Gasteiger partial charge in [0.25, 0.3) is 0 Å². The van der Waals surface area contributed by atoms with Crippen LogP contribution in [0, 0.1) is 0 Å². The highest BCUT2D eigenvalue weighted by atomic mass is 16.6. The fourth-order valence-corrected chi connectivity index (χ4v) is 3.02. The van der Waals surface area contributed by atoms with Crippen molar-refractivity contribution in [2.45, 2.75) is 27.7 Å². The van der Waals surface area contributed by atoms with E-state index in [0.29, 0.717) is 35.7 Å². The number of carbonyl (C=O) groups is 3. The summed E-state index contributed by atoms with van der Waals surface area (Å²) in [4.78, 5) is 36.2. The predicted molar refractivity (Wildman–Crippen MR) is 149 cm³/mol. The molecule has 0 radical (unpaired) electrons. The third kappa shape index (κ3) is 16.0. The molecule has 0 bridgehead atoms. The average Bonchev–Trinajstić information content (AvgIpc) is 2.90. The summed E-state index contributed by atoms with van der Waals surface area (Å²) in [6, 6.07) is 13.5. The van der Waals surface area contributed by atoms with Crippen LogP contribution < -0.4 is 11.5 Å². The molecule has 0 fully saturated rings. The first-order chi connectivity index (χ1) is 18.1. The molecule has 0 heterocycles. The Hall–Kier alpha value is -3.83. The second-order valence-electron chi connectivity index (χ2n) is 7.85. The van der Waals surface area contributed by atoms with Crippen LogP contribution in [0.15, 0.2) is 48.5 Å². The lowest BCUT2D eigenvalue weighted by atomic mass is 10.2. The molecule has 0 aliphatic rings. The minimum Gasteiger partial charge on any atom is -0.461 e. The number of hydrogen-bond acceptors (Lipinski definition) is 9. The van der Waals surface area contributed by atoms with Crippen LogP contribution in [0.2, 0.25) is 0 Å². The molecule has 212 valence electrons. The summed E-state index contributed by atoms with van der Waals surface area (Å²) in [7, 11) is 0. The third-order valence-corrected chi connectivity index (χ3v) is 5.36. The number of carbonyl (C=O) groups excluding carboxylic acids is 2. The summed E-state index contributed by atoms with van der Waals surface area (Å²) in [5.41, 5.74) is 13.5. The number of anilines is 2. The van der Waals surface area contributed by atoms with E-state index >= 15 is 0 Å². The molecule has 11 heteroatoms. The molecule has 6 N–H and O–H groups in total. The summed E-state index contributed by atoms with van der Waals surface area (Å²) in [6.07, 6.45) is -1.83. The number of likely N-dealkylation sites (N-methyl/N-ethyl adjacent to an activating group) is 2. The van der Waals surface area contributed by atoms with E-state index in [2.05, 4.69) is 37.5 Å². The zero-order chi connectivity index (χ0) is 28.9. The monoisotopic (exact) mass is 534 g/mol. The number of nitrogens with zero attached hydrogens (tertiary/aromatic N) is 2. The number of benzene rings is 2. The minimum atomic E-state index is -1.83. The molecule has 0 unspecified atom stereocenters. The lowest BCUT2D eigenvalue weighted by Crippen LogP contribution is -2.27. The van der Waals surface area contributed by atoms with Gasteiger partial charge in [-0.05, 0) is 74.7 Å². The molecule has 0 amide bonds. The average molecular weight is 535 g/mol. The Kier molecular flexibility index (Phi) is 18.2. The maximum atomic E-state index is 11.6. The Morgan fingerprint density at radius 3 is 1.13 bits per heavy atom. The van der Waals surface area contributed by atoms with Gasteiger partial charge in [0, 0.05) is 24.5 Å². The standard InChI is InChI=1S/2C13H20N2O2.CH2O3/c2*1-3-15(4-2)9-10-17-13(16)11-5-7-12(14)8-6-11;2-1(3)4/h2*5-8H,3-4,9-10,14H2,1-2H3;(H2,2,3,4). The summed E-state index contributed by atoms with van der Waals surface area (Å²) in [6.45, 7) is 14.6. The molecule has 2 aromatic carbocycles. The number of ether oxygens (including phenoxy) is 2. The number of hydrogen-bond donors (Lipinski definition) is 4. The highest BCUT2D eigenvalue weighted by Crippen LogP contribution is 2.07. The highest BCUT2D eigenvalue weighted by molar-refractivity contribution is 5.90. The smallest absolute Gasteiger partial charge is 0.461 e. The summed E-state index contributed by atoms with van der Waals surface area (Å²) >= 11 is 0. The Labute approximate surface area is 224 Å². The van der Waals surface area contributed by atoms with Gasteiger partial charge >= 0.3 is 18.1 Å². The number of nitrogen functional groups attached to an aromatic ring is 2. The number of carboxylic acid groups (broad SMARTS) is 2. The van der Waals surface area contributed by atoms with E-state index < -0.39 is 6.16 Å². The molecule has 0 saturated carbocycles.